The average Bonchev–Trinajstić information content (AvgIpc) is 3.21. The van der Waals surface area contributed by atoms with Gasteiger partial charge in [0.15, 0.2) is 0 Å². The van der Waals surface area contributed by atoms with Gasteiger partial charge in [0.2, 0.25) is 0 Å². The largest absolute Gasteiger partial charge is 0.394 e. The molecule has 4 rings (SSSR count). The summed E-state index contributed by atoms with van der Waals surface area (Å²) < 4.78 is 13.2. The molecule has 0 aliphatic carbocycles. The molecule has 4 aromatic rings. The lowest BCUT2D eigenvalue weighted by molar-refractivity contribution is 0.0802. The zero-order valence-corrected chi connectivity index (χ0v) is 16.0. The predicted molar refractivity (Wildman–Crippen MR) is 112 cm³/mol. The summed E-state index contributed by atoms with van der Waals surface area (Å²) in [6, 6.07) is 17.2. The van der Waals surface area contributed by atoms with Gasteiger partial charge in [-0.2, -0.15) is 0 Å². The molecule has 2 aromatic carbocycles. The number of benzene rings is 2. The Morgan fingerprint density at radius 3 is 2.63 bits per heavy atom. The fraction of sp³-hybridized carbons (Fsp3) is 0.130. The van der Waals surface area contributed by atoms with E-state index in [4.69, 9.17) is 5.11 Å². The quantitative estimate of drug-likeness (QED) is 0.396. The normalized spacial score (nSPS) is 12.1. The topological polar surface area (TPSA) is 98.2 Å². The maximum atomic E-state index is 13.2. The van der Waals surface area contributed by atoms with Crippen LogP contribution in [0, 0.1) is 5.82 Å². The Bertz CT molecular complexity index is 1190. The van der Waals surface area contributed by atoms with Crippen molar-refractivity contribution in [3.63, 3.8) is 0 Å². The van der Waals surface area contributed by atoms with Crippen LogP contribution in [0.2, 0.25) is 0 Å². The predicted octanol–water partition coefficient (Wildman–Crippen LogP) is 3.12. The zero-order chi connectivity index (χ0) is 21.1. The molecule has 0 saturated heterocycles. The number of rotatable bonds is 6. The molecule has 6 nitrogen and oxygen atoms in total. The molecule has 2 aromatic heterocycles. The van der Waals surface area contributed by atoms with Gasteiger partial charge in [-0.05, 0) is 59.7 Å². The number of aliphatic hydroxyl groups is 2. The van der Waals surface area contributed by atoms with E-state index >= 15 is 0 Å². The fourth-order valence-electron chi connectivity index (χ4n) is 3.18. The van der Waals surface area contributed by atoms with Gasteiger partial charge in [-0.15, -0.1) is 0 Å². The Morgan fingerprint density at radius 1 is 1.07 bits per heavy atom. The molecule has 0 saturated carbocycles. The molecule has 2 heterocycles. The Labute approximate surface area is 172 Å². The van der Waals surface area contributed by atoms with Gasteiger partial charge < -0.3 is 20.5 Å². The lowest BCUT2D eigenvalue weighted by atomic mass is 10.0. The SMILES string of the molecule is O=C(NC[C@H](O)CO)c1cccc(-c2cnc3[nH]c(-c4ccc(F)cc4)cc3c2)c1. The molecule has 0 fully saturated rings. The van der Waals surface area contributed by atoms with Crippen molar-refractivity contribution in [3.8, 4) is 22.4 Å². The maximum absolute atomic E-state index is 13.2. The van der Waals surface area contributed by atoms with Crippen LogP contribution in [-0.2, 0) is 0 Å². The Balaban J connectivity index is 1.60. The number of pyridine rings is 1. The van der Waals surface area contributed by atoms with Crippen LogP contribution in [0.25, 0.3) is 33.4 Å². The molecular formula is C23H20FN3O3. The van der Waals surface area contributed by atoms with E-state index in [1.165, 1.54) is 12.1 Å². The standard InChI is InChI=1S/C23H20FN3O3/c24-19-6-4-14(5-7-19)21-10-17-9-18(11-25-22(17)27-21)15-2-1-3-16(8-15)23(30)26-12-20(29)13-28/h1-11,20,28-29H,12-13H2,(H,25,27)(H,26,30)/t20-/m0/s1. The number of carbonyl (C=O) groups is 1. The van der Waals surface area contributed by atoms with Crippen LogP contribution < -0.4 is 5.32 Å². The van der Waals surface area contributed by atoms with Crippen LogP contribution in [0.3, 0.4) is 0 Å². The van der Waals surface area contributed by atoms with Crippen molar-refractivity contribution in [2.24, 2.45) is 0 Å². The minimum Gasteiger partial charge on any atom is -0.394 e. The van der Waals surface area contributed by atoms with Gasteiger partial charge in [-0.25, -0.2) is 9.37 Å². The van der Waals surface area contributed by atoms with Crippen molar-refractivity contribution in [2.75, 3.05) is 13.2 Å². The van der Waals surface area contributed by atoms with E-state index in [1.807, 2.05) is 18.2 Å². The molecule has 0 unspecified atom stereocenters. The number of nitrogens with zero attached hydrogens (tertiary/aromatic N) is 1. The number of fused-ring (bicyclic) bond motifs is 1. The number of carbonyl (C=O) groups excluding carboxylic acids is 1. The molecule has 152 valence electrons. The maximum Gasteiger partial charge on any atom is 0.251 e. The van der Waals surface area contributed by atoms with E-state index in [9.17, 15) is 14.3 Å². The van der Waals surface area contributed by atoms with E-state index in [2.05, 4.69) is 15.3 Å². The Hall–Kier alpha value is -3.55. The highest BCUT2D eigenvalue weighted by atomic mass is 19.1. The summed E-state index contributed by atoms with van der Waals surface area (Å²) in [5.74, 6) is -0.622. The molecule has 1 atom stereocenters. The highest BCUT2D eigenvalue weighted by Gasteiger charge is 2.11. The van der Waals surface area contributed by atoms with E-state index in [0.29, 0.717) is 11.2 Å². The summed E-state index contributed by atoms with van der Waals surface area (Å²) in [5.41, 5.74) is 4.52. The average molecular weight is 405 g/mol. The van der Waals surface area contributed by atoms with E-state index in [-0.39, 0.29) is 18.3 Å². The highest BCUT2D eigenvalue weighted by Crippen LogP contribution is 2.27. The molecule has 7 heteroatoms. The van der Waals surface area contributed by atoms with Gasteiger partial charge in [0, 0.05) is 34.9 Å². The van der Waals surface area contributed by atoms with Crippen LogP contribution in [0.15, 0.2) is 66.9 Å². The lowest BCUT2D eigenvalue weighted by Gasteiger charge is -2.10. The molecule has 0 aliphatic heterocycles. The van der Waals surface area contributed by atoms with Crippen molar-refractivity contribution in [1.29, 1.82) is 0 Å². The van der Waals surface area contributed by atoms with E-state index in [0.717, 1.165) is 27.8 Å². The molecule has 0 spiro atoms. The number of aliphatic hydroxyl groups excluding tert-OH is 2. The first-order valence-corrected chi connectivity index (χ1v) is 9.46. The first-order valence-electron chi connectivity index (χ1n) is 9.46. The van der Waals surface area contributed by atoms with E-state index in [1.54, 1.807) is 36.5 Å². The summed E-state index contributed by atoms with van der Waals surface area (Å²) >= 11 is 0. The van der Waals surface area contributed by atoms with Crippen LogP contribution in [-0.4, -0.2) is 45.3 Å². The first kappa shape index (κ1) is 19.8. The summed E-state index contributed by atoms with van der Waals surface area (Å²) in [7, 11) is 0. The third-order valence-electron chi connectivity index (χ3n) is 4.79. The second-order valence-corrected chi connectivity index (χ2v) is 6.98. The molecule has 0 bridgehead atoms. The van der Waals surface area contributed by atoms with Gasteiger partial charge in [0.25, 0.3) is 5.91 Å². The fourth-order valence-corrected chi connectivity index (χ4v) is 3.18. The minimum atomic E-state index is -0.993. The molecule has 1 amide bonds. The van der Waals surface area contributed by atoms with Crippen LogP contribution in [0.1, 0.15) is 10.4 Å². The van der Waals surface area contributed by atoms with Crippen molar-refractivity contribution < 1.29 is 19.4 Å². The Kier molecular flexibility index (Phi) is 5.56. The van der Waals surface area contributed by atoms with Crippen molar-refractivity contribution in [2.45, 2.75) is 6.10 Å². The molecule has 30 heavy (non-hydrogen) atoms. The van der Waals surface area contributed by atoms with Crippen LogP contribution in [0.4, 0.5) is 4.39 Å². The number of aromatic nitrogens is 2. The molecule has 4 N–H and O–H groups in total. The number of nitrogens with one attached hydrogen (secondary N) is 2. The van der Waals surface area contributed by atoms with Gasteiger partial charge in [0.05, 0.1) is 12.7 Å². The third kappa shape index (κ3) is 4.22. The molecular weight excluding hydrogens is 385 g/mol. The summed E-state index contributed by atoms with van der Waals surface area (Å²) in [4.78, 5) is 20.0. The summed E-state index contributed by atoms with van der Waals surface area (Å²) in [6.45, 7) is -0.439. The number of aromatic amines is 1. The number of hydrogen-bond donors (Lipinski definition) is 4. The smallest absolute Gasteiger partial charge is 0.251 e. The second kappa shape index (κ2) is 8.44. The number of hydrogen-bond acceptors (Lipinski definition) is 4. The summed E-state index contributed by atoms with van der Waals surface area (Å²) in [6.07, 6.45) is 0.729. The van der Waals surface area contributed by atoms with Gasteiger partial charge in [0.1, 0.15) is 11.5 Å². The molecule has 0 radical (unpaired) electrons. The highest BCUT2D eigenvalue weighted by molar-refractivity contribution is 5.96. The Morgan fingerprint density at radius 2 is 1.87 bits per heavy atom. The van der Waals surface area contributed by atoms with Crippen LogP contribution in [0.5, 0.6) is 0 Å². The van der Waals surface area contributed by atoms with E-state index < -0.39 is 12.7 Å². The third-order valence-corrected chi connectivity index (χ3v) is 4.79. The van der Waals surface area contributed by atoms with Gasteiger partial charge in [-0.3, -0.25) is 4.79 Å². The number of H-pyrrole nitrogens is 1. The van der Waals surface area contributed by atoms with Crippen LogP contribution >= 0.6 is 0 Å². The van der Waals surface area contributed by atoms with Crippen molar-refractivity contribution in [3.05, 3.63) is 78.2 Å². The van der Waals surface area contributed by atoms with Gasteiger partial charge in [-0.1, -0.05) is 12.1 Å². The lowest BCUT2D eigenvalue weighted by Crippen LogP contribution is -2.33. The van der Waals surface area contributed by atoms with Gasteiger partial charge >= 0.3 is 0 Å². The zero-order valence-electron chi connectivity index (χ0n) is 16.0. The number of halogens is 1. The number of amides is 1. The molecule has 0 aliphatic rings. The summed E-state index contributed by atoms with van der Waals surface area (Å²) in [5, 5.41) is 21.7. The monoisotopic (exact) mass is 405 g/mol. The second-order valence-electron chi connectivity index (χ2n) is 6.98. The van der Waals surface area contributed by atoms with Crippen molar-refractivity contribution in [1.82, 2.24) is 15.3 Å². The first-order chi connectivity index (χ1) is 14.5. The minimum absolute atomic E-state index is 0.0252. The van der Waals surface area contributed by atoms with Crippen molar-refractivity contribution >= 4 is 16.9 Å².